The second-order valence-electron chi connectivity index (χ2n) is 7.13. The standard InChI is InChI=1S/C21H25N5/c1-16-9-11-23-21(24-16)25(2)18-6-5-13-26(15-18)14-17-10-12-22-20-8-4-3-7-19(17)20/h3-4,7-12,18H,5-6,13-15H2,1-2H3. The van der Waals surface area contributed by atoms with Crippen molar-refractivity contribution in [2.24, 2.45) is 0 Å². The van der Waals surface area contributed by atoms with E-state index in [0.717, 1.165) is 36.8 Å². The summed E-state index contributed by atoms with van der Waals surface area (Å²) < 4.78 is 0. The number of rotatable bonds is 4. The van der Waals surface area contributed by atoms with Crippen LogP contribution in [0.4, 0.5) is 5.95 Å². The van der Waals surface area contributed by atoms with Gasteiger partial charge in [-0.2, -0.15) is 0 Å². The van der Waals surface area contributed by atoms with Crippen LogP contribution in [0.3, 0.4) is 0 Å². The highest BCUT2D eigenvalue weighted by molar-refractivity contribution is 5.81. The first-order chi connectivity index (χ1) is 12.7. The summed E-state index contributed by atoms with van der Waals surface area (Å²) in [6.45, 7) is 5.14. The molecule has 1 aliphatic rings. The maximum absolute atomic E-state index is 4.59. The molecule has 0 bridgehead atoms. The minimum Gasteiger partial charge on any atom is -0.340 e. The van der Waals surface area contributed by atoms with E-state index in [1.807, 2.05) is 31.5 Å². The molecule has 134 valence electrons. The molecule has 3 aromatic rings. The summed E-state index contributed by atoms with van der Waals surface area (Å²) in [4.78, 5) is 18.3. The van der Waals surface area contributed by atoms with Crippen LogP contribution in [-0.2, 0) is 6.54 Å². The van der Waals surface area contributed by atoms with E-state index in [1.165, 1.54) is 23.8 Å². The highest BCUT2D eigenvalue weighted by Crippen LogP contribution is 2.23. The molecule has 0 amide bonds. The van der Waals surface area contributed by atoms with E-state index in [1.54, 1.807) is 0 Å². The Morgan fingerprint density at radius 3 is 2.85 bits per heavy atom. The first-order valence-corrected chi connectivity index (χ1v) is 9.28. The third-order valence-electron chi connectivity index (χ3n) is 5.26. The van der Waals surface area contributed by atoms with Crippen molar-refractivity contribution < 1.29 is 0 Å². The van der Waals surface area contributed by atoms with E-state index in [4.69, 9.17) is 0 Å². The maximum atomic E-state index is 4.59. The van der Waals surface area contributed by atoms with Crippen molar-refractivity contribution in [3.8, 4) is 0 Å². The lowest BCUT2D eigenvalue weighted by Gasteiger charge is -2.37. The van der Waals surface area contributed by atoms with E-state index in [-0.39, 0.29) is 0 Å². The number of aryl methyl sites for hydroxylation is 1. The SMILES string of the molecule is Cc1ccnc(N(C)C2CCCN(Cc3ccnc4ccccc34)C2)n1. The Morgan fingerprint density at radius 2 is 1.96 bits per heavy atom. The van der Waals surface area contributed by atoms with Crippen molar-refractivity contribution in [2.45, 2.75) is 32.4 Å². The summed E-state index contributed by atoms with van der Waals surface area (Å²) in [7, 11) is 2.12. The van der Waals surface area contributed by atoms with Crippen LogP contribution in [0.15, 0.2) is 48.8 Å². The number of aromatic nitrogens is 3. The highest BCUT2D eigenvalue weighted by atomic mass is 15.3. The zero-order chi connectivity index (χ0) is 17.9. The Balaban J connectivity index is 1.50. The average molecular weight is 347 g/mol. The lowest BCUT2D eigenvalue weighted by molar-refractivity contribution is 0.198. The quantitative estimate of drug-likeness (QED) is 0.723. The Labute approximate surface area is 154 Å². The van der Waals surface area contributed by atoms with Crippen LogP contribution in [-0.4, -0.2) is 46.0 Å². The molecule has 0 radical (unpaired) electrons. The summed E-state index contributed by atoms with van der Waals surface area (Å²) in [5.74, 6) is 0.825. The molecule has 5 nitrogen and oxygen atoms in total. The Hall–Kier alpha value is -2.53. The number of hydrogen-bond acceptors (Lipinski definition) is 5. The van der Waals surface area contributed by atoms with E-state index >= 15 is 0 Å². The fourth-order valence-electron chi connectivity index (χ4n) is 3.79. The average Bonchev–Trinajstić information content (AvgIpc) is 2.68. The molecule has 1 fully saturated rings. The molecule has 5 heteroatoms. The molecular weight excluding hydrogens is 322 g/mol. The molecule has 0 spiro atoms. The summed E-state index contributed by atoms with van der Waals surface area (Å²) in [5.41, 5.74) is 3.44. The van der Waals surface area contributed by atoms with Gasteiger partial charge in [-0.1, -0.05) is 18.2 Å². The van der Waals surface area contributed by atoms with Crippen molar-refractivity contribution in [1.82, 2.24) is 19.9 Å². The number of likely N-dealkylation sites (N-methyl/N-ethyl adjacent to an activating group) is 1. The van der Waals surface area contributed by atoms with Gasteiger partial charge >= 0.3 is 0 Å². The molecule has 1 unspecified atom stereocenters. The van der Waals surface area contributed by atoms with Crippen molar-refractivity contribution in [3.63, 3.8) is 0 Å². The van der Waals surface area contributed by atoms with E-state index in [0.29, 0.717) is 6.04 Å². The first-order valence-electron chi connectivity index (χ1n) is 9.28. The normalized spacial score (nSPS) is 18.2. The van der Waals surface area contributed by atoms with Crippen LogP contribution in [0.2, 0.25) is 0 Å². The van der Waals surface area contributed by atoms with Crippen LogP contribution in [0.25, 0.3) is 10.9 Å². The van der Waals surface area contributed by atoms with Gasteiger partial charge in [0.2, 0.25) is 5.95 Å². The molecular formula is C21H25N5. The van der Waals surface area contributed by atoms with Crippen LogP contribution in [0.1, 0.15) is 24.1 Å². The Morgan fingerprint density at radius 1 is 1.12 bits per heavy atom. The van der Waals surface area contributed by atoms with Gasteiger partial charge in [0.1, 0.15) is 0 Å². The van der Waals surface area contributed by atoms with E-state index in [9.17, 15) is 0 Å². The monoisotopic (exact) mass is 347 g/mol. The maximum Gasteiger partial charge on any atom is 0.225 e. The summed E-state index contributed by atoms with van der Waals surface area (Å²) in [6.07, 6.45) is 6.15. The van der Waals surface area contributed by atoms with Gasteiger partial charge in [0, 0.05) is 49.7 Å². The number of pyridine rings is 1. The summed E-state index contributed by atoms with van der Waals surface area (Å²) >= 11 is 0. The zero-order valence-corrected chi connectivity index (χ0v) is 15.5. The molecule has 1 aromatic carbocycles. The first kappa shape index (κ1) is 16.9. The van der Waals surface area contributed by atoms with Crippen molar-refractivity contribution >= 4 is 16.9 Å². The fourth-order valence-corrected chi connectivity index (χ4v) is 3.79. The molecule has 1 atom stereocenters. The van der Waals surface area contributed by atoms with Crippen LogP contribution >= 0.6 is 0 Å². The van der Waals surface area contributed by atoms with Gasteiger partial charge in [-0.15, -0.1) is 0 Å². The lowest BCUT2D eigenvalue weighted by Crippen LogP contribution is -2.46. The topological polar surface area (TPSA) is 45.2 Å². The van der Waals surface area contributed by atoms with Gasteiger partial charge in [-0.05, 0) is 50.1 Å². The van der Waals surface area contributed by atoms with Crippen molar-refractivity contribution in [2.75, 3.05) is 25.0 Å². The van der Waals surface area contributed by atoms with E-state index < -0.39 is 0 Å². The van der Waals surface area contributed by atoms with Crippen molar-refractivity contribution in [3.05, 3.63) is 60.0 Å². The van der Waals surface area contributed by atoms with Gasteiger partial charge in [0.25, 0.3) is 0 Å². The second-order valence-corrected chi connectivity index (χ2v) is 7.13. The predicted octanol–water partition coefficient (Wildman–Crippen LogP) is 3.43. The molecule has 0 N–H and O–H groups in total. The molecule has 1 saturated heterocycles. The van der Waals surface area contributed by atoms with Gasteiger partial charge in [0.15, 0.2) is 0 Å². The van der Waals surface area contributed by atoms with E-state index in [2.05, 4.69) is 56.1 Å². The van der Waals surface area contributed by atoms with Gasteiger partial charge in [0.05, 0.1) is 5.52 Å². The molecule has 1 aliphatic heterocycles. The Kier molecular flexibility index (Phi) is 4.80. The number of benzene rings is 1. The zero-order valence-electron chi connectivity index (χ0n) is 15.5. The Bertz CT molecular complexity index is 889. The number of nitrogens with zero attached hydrogens (tertiary/aromatic N) is 5. The number of fused-ring (bicyclic) bond motifs is 1. The lowest BCUT2D eigenvalue weighted by atomic mass is 10.0. The smallest absolute Gasteiger partial charge is 0.225 e. The van der Waals surface area contributed by atoms with Gasteiger partial charge in [-0.3, -0.25) is 9.88 Å². The molecule has 4 rings (SSSR count). The third kappa shape index (κ3) is 3.53. The number of likely N-dealkylation sites (tertiary alicyclic amines) is 1. The molecule has 26 heavy (non-hydrogen) atoms. The van der Waals surface area contributed by atoms with Gasteiger partial charge < -0.3 is 4.90 Å². The number of para-hydroxylation sites is 1. The fraction of sp³-hybridized carbons (Fsp3) is 0.381. The second kappa shape index (κ2) is 7.38. The number of piperidine rings is 1. The summed E-state index contributed by atoms with van der Waals surface area (Å²) in [6, 6.07) is 12.9. The highest BCUT2D eigenvalue weighted by Gasteiger charge is 2.25. The largest absolute Gasteiger partial charge is 0.340 e. The number of hydrogen-bond donors (Lipinski definition) is 0. The minimum atomic E-state index is 0.443. The van der Waals surface area contributed by atoms with Crippen LogP contribution in [0.5, 0.6) is 0 Å². The van der Waals surface area contributed by atoms with Crippen LogP contribution in [0, 0.1) is 6.92 Å². The van der Waals surface area contributed by atoms with Gasteiger partial charge in [-0.25, -0.2) is 9.97 Å². The molecule has 3 heterocycles. The molecule has 0 saturated carbocycles. The van der Waals surface area contributed by atoms with Crippen LogP contribution < -0.4 is 4.90 Å². The summed E-state index contributed by atoms with van der Waals surface area (Å²) in [5, 5.41) is 1.26. The predicted molar refractivity (Wildman–Crippen MR) is 105 cm³/mol. The molecule has 2 aromatic heterocycles. The third-order valence-corrected chi connectivity index (χ3v) is 5.26. The van der Waals surface area contributed by atoms with Crippen molar-refractivity contribution in [1.29, 1.82) is 0 Å². The minimum absolute atomic E-state index is 0.443. The molecule has 0 aliphatic carbocycles. The number of anilines is 1.